The zero-order chi connectivity index (χ0) is 20.8. The first-order chi connectivity index (χ1) is 14.6. The van der Waals surface area contributed by atoms with Gasteiger partial charge in [0.2, 0.25) is 0 Å². The molecular formula is C26H29FNO2+. The summed E-state index contributed by atoms with van der Waals surface area (Å²) < 4.78 is 19.9. The molecule has 0 bridgehead atoms. The van der Waals surface area contributed by atoms with Crippen molar-refractivity contribution in [2.24, 2.45) is 0 Å². The summed E-state index contributed by atoms with van der Waals surface area (Å²) in [4.78, 5) is 0. The number of ether oxygens (including phenoxy) is 1. The summed E-state index contributed by atoms with van der Waals surface area (Å²) in [5.41, 5.74) is 3.43. The van der Waals surface area contributed by atoms with Crippen LogP contribution in [0, 0.1) is 5.82 Å². The quantitative estimate of drug-likeness (QED) is 0.531. The first-order valence-corrected chi connectivity index (χ1v) is 10.7. The highest BCUT2D eigenvalue weighted by Crippen LogP contribution is 2.25. The molecule has 0 unspecified atom stereocenters. The maximum Gasteiger partial charge on any atom is 0.137 e. The van der Waals surface area contributed by atoms with Crippen LogP contribution in [0.5, 0.6) is 5.75 Å². The largest absolute Gasteiger partial charge is 0.491 e. The molecule has 0 aromatic heterocycles. The molecule has 0 radical (unpaired) electrons. The third kappa shape index (κ3) is 5.26. The van der Waals surface area contributed by atoms with Crippen molar-refractivity contribution in [1.82, 2.24) is 0 Å². The van der Waals surface area contributed by atoms with E-state index in [2.05, 4.69) is 12.1 Å². The van der Waals surface area contributed by atoms with Crippen molar-refractivity contribution >= 4 is 0 Å². The maximum absolute atomic E-state index is 13.2. The molecule has 0 saturated carbocycles. The SMILES string of the molecule is O[C@@H](COc1ccc(-c2ccccc2)cc1)C[N+]1(Cc2ccc(F)cc2)CCCC1. The molecule has 4 rings (SSSR count). The van der Waals surface area contributed by atoms with Crippen molar-refractivity contribution in [2.75, 3.05) is 26.2 Å². The lowest BCUT2D eigenvalue weighted by atomic mass is 10.1. The van der Waals surface area contributed by atoms with E-state index in [1.807, 2.05) is 54.6 Å². The van der Waals surface area contributed by atoms with Gasteiger partial charge in [0, 0.05) is 18.4 Å². The van der Waals surface area contributed by atoms with Crippen LogP contribution < -0.4 is 4.74 Å². The molecule has 0 aliphatic carbocycles. The number of quaternary nitrogens is 1. The molecule has 1 heterocycles. The molecule has 1 saturated heterocycles. The smallest absolute Gasteiger partial charge is 0.137 e. The average Bonchev–Trinajstić information content (AvgIpc) is 3.23. The van der Waals surface area contributed by atoms with Gasteiger partial charge in [-0.2, -0.15) is 0 Å². The molecule has 0 spiro atoms. The molecule has 1 N–H and O–H groups in total. The third-order valence-corrected chi connectivity index (χ3v) is 5.95. The molecule has 156 valence electrons. The molecule has 1 aliphatic heterocycles. The number of likely N-dealkylation sites (tertiary alicyclic amines) is 1. The van der Waals surface area contributed by atoms with Crippen LogP contribution in [0.2, 0.25) is 0 Å². The Kier molecular flexibility index (Phi) is 6.46. The monoisotopic (exact) mass is 406 g/mol. The molecular weight excluding hydrogens is 377 g/mol. The van der Waals surface area contributed by atoms with Gasteiger partial charge >= 0.3 is 0 Å². The van der Waals surface area contributed by atoms with Gasteiger partial charge in [-0.1, -0.05) is 54.6 Å². The Morgan fingerprint density at radius 2 is 1.47 bits per heavy atom. The lowest BCUT2D eigenvalue weighted by Gasteiger charge is -2.36. The Labute approximate surface area is 178 Å². The lowest BCUT2D eigenvalue weighted by molar-refractivity contribution is -0.932. The Morgan fingerprint density at radius 3 is 2.13 bits per heavy atom. The average molecular weight is 407 g/mol. The highest BCUT2D eigenvalue weighted by atomic mass is 19.1. The van der Waals surface area contributed by atoms with Crippen LogP contribution >= 0.6 is 0 Å². The molecule has 3 aromatic rings. The van der Waals surface area contributed by atoms with Gasteiger partial charge in [-0.3, -0.25) is 0 Å². The fraction of sp³-hybridized carbons (Fsp3) is 0.308. The van der Waals surface area contributed by atoms with Gasteiger partial charge in [0.1, 0.15) is 37.4 Å². The minimum atomic E-state index is -0.544. The fourth-order valence-electron chi connectivity index (χ4n) is 4.45. The molecule has 1 atom stereocenters. The van der Waals surface area contributed by atoms with Crippen LogP contribution in [0.25, 0.3) is 11.1 Å². The summed E-state index contributed by atoms with van der Waals surface area (Å²) in [7, 11) is 0. The Balaban J connectivity index is 1.33. The summed E-state index contributed by atoms with van der Waals surface area (Å²) in [5, 5.41) is 10.7. The summed E-state index contributed by atoms with van der Waals surface area (Å²) in [6, 6.07) is 24.9. The first kappa shape index (κ1) is 20.6. The van der Waals surface area contributed by atoms with Gasteiger partial charge < -0.3 is 14.3 Å². The minimum Gasteiger partial charge on any atom is -0.491 e. The molecule has 1 fully saturated rings. The first-order valence-electron chi connectivity index (χ1n) is 10.7. The van der Waals surface area contributed by atoms with E-state index in [0.29, 0.717) is 6.54 Å². The van der Waals surface area contributed by atoms with Gasteiger partial charge in [-0.15, -0.1) is 0 Å². The van der Waals surface area contributed by atoms with Gasteiger partial charge in [0.15, 0.2) is 0 Å². The number of benzene rings is 3. The van der Waals surface area contributed by atoms with Crippen molar-refractivity contribution in [1.29, 1.82) is 0 Å². The minimum absolute atomic E-state index is 0.210. The molecule has 3 nitrogen and oxygen atoms in total. The number of aliphatic hydroxyl groups excluding tert-OH is 1. The normalized spacial score (nSPS) is 16.3. The van der Waals surface area contributed by atoms with E-state index in [1.54, 1.807) is 0 Å². The second kappa shape index (κ2) is 9.41. The highest BCUT2D eigenvalue weighted by molar-refractivity contribution is 5.63. The maximum atomic E-state index is 13.2. The van der Waals surface area contributed by atoms with E-state index >= 15 is 0 Å². The van der Waals surface area contributed by atoms with Crippen LogP contribution in [-0.4, -0.2) is 41.9 Å². The molecule has 4 heteroatoms. The molecule has 30 heavy (non-hydrogen) atoms. The van der Waals surface area contributed by atoms with Crippen LogP contribution in [0.4, 0.5) is 4.39 Å². The molecule has 3 aromatic carbocycles. The molecule has 1 aliphatic rings. The van der Waals surface area contributed by atoms with E-state index in [1.165, 1.54) is 17.7 Å². The van der Waals surface area contributed by atoms with E-state index < -0.39 is 6.10 Å². The van der Waals surface area contributed by atoms with E-state index in [4.69, 9.17) is 4.74 Å². The lowest BCUT2D eigenvalue weighted by Crippen LogP contribution is -2.50. The summed E-state index contributed by atoms with van der Waals surface area (Å²) in [5.74, 6) is 0.554. The Bertz CT molecular complexity index is 920. The van der Waals surface area contributed by atoms with Crippen LogP contribution in [0.3, 0.4) is 0 Å². The van der Waals surface area contributed by atoms with Gasteiger partial charge in [0.05, 0.1) is 13.1 Å². The number of nitrogens with zero attached hydrogens (tertiary/aromatic N) is 1. The van der Waals surface area contributed by atoms with Gasteiger partial charge in [0.25, 0.3) is 0 Å². The summed E-state index contributed by atoms with van der Waals surface area (Å²) in [6.45, 7) is 3.83. The summed E-state index contributed by atoms with van der Waals surface area (Å²) in [6.07, 6.45) is 1.78. The number of rotatable bonds is 8. The van der Waals surface area contributed by atoms with Gasteiger partial charge in [-0.05, 0) is 35.4 Å². The van der Waals surface area contributed by atoms with E-state index in [0.717, 1.165) is 53.8 Å². The summed E-state index contributed by atoms with van der Waals surface area (Å²) >= 11 is 0. The number of hydrogen-bond donors (Lipinski definition) is 1. The second-order valence-corrected chi connectivity index (χ2v) is 8.32. The van der Waals surface area contributed by atoms with Gasteiger partial charge in [-0.25, -0.2) is 4.39 Å². The number of hydrogen-bond acceptors (Lipinski definition) is 2. The van der Waals surface area contributed by atoms with Crippen molar-refractivity contribution < 1.29 is 18.7 Å². The topological polar surface area (TPSA) is 29.5 Å². The predicted octanol–water partition coefficient (Wildman–Crippen LogP) is 5.04. The third-order valence-electron chi connectivity index (χ3n) is 5.95. The van der Waals surface area contributed by atoms with Crippen molar-refractivity contribution in [2.45, 2.75) is 25.5 Å². The number of aliphatic hydroxyl groups is 1. The van der Waals surface area contributed by atoms with Crippen LogP contribution in [0.15, 0.2) is 78.9 Å². The molecule has 0 amide bonds. The number of halogens is 1. The van der Waals surface area contributed by atoms with Crippen molar-refractivity contribution in [3.63, 3.8) is 0 Å². The standard InChI is InChI=1S/C26H29FNO2/c27-24-12-8-21(9-13-24)18-28(16-4-5-17-28)19-25(29)20-30-26-14-10-23(11-15-26)22-6-2-1-3-7-22/h1-3,6-15,25,29H,4-5,16-20H2/q+1/t25-/m1/s1. The fourth-order valence-corrected chi connectivity index (χ4v) is 4.45. The zero-order valence-electron chi connectivity index (χ0n) is 17.2. The van der Waals surface area contributed by atoms with Crippen LogP contribution in [0.1, 0.15) is 18.4 Å². The van der Waals surface area contributed by atoms with E-state index in [-0.39, 0.29) is 12.4 Å². The zero-order valence-corrected chi connectivity index (χ0v) is 17.2. The van der Waals surface area contributed by atoms with Crippen LogP contribution in [-0.2, 0) is 6.54 Å². The Hall–Kier alpha value is -2.69. The predicted molar refractivity (Wildman–Crippen MR) is 118 cm³/mol. The second-order valence-electron chi connectivity index (χ2n) is 8.32. The highest BCUT2D eigenvalue weighted by Gasteiger charge is 2.34. The Morgan fingerprint density at radius 1 is 0.833 bits per heavy atom. The van der Waals surface area contributed by atoms with Crippen molar-refractivity contribution in [3.8, 4) is 16.9 Å². The van der Waals surface area contributed by atoms with Crippen molar-refractivity contribution in [3.05, 3.63) is 90.2 Å². The van der Waals surface area contributed by atoms with E-state index in [9.17, 15) is 9.50 Å².